The average Bonchev–Trinajstić information content (AvgIpc) is 3.53. The van der Waals surface area contributed by atoms with E-state index >= 15 is 0 Å². The number of phenolic OH excluding ortho intramolecular Hbond substituents is 2. The molecule has 4 aromatic carbocycles. The molecule has 2 atom stereocenters. The summed E-state index contributed by atoms with van der Waals surface area (Å²) in [5.74, 6) is -1.97. The van der Waals surface area contributed by atoms with Gasteiger partial charge in [0.25, 0.3) is 0 Å². The Labute approximate surface area is 270 Å². The smallest absolute Gasteiger partial charge is 0.416 e. The van der Waals surface area contributed by atoms with Gasteiger partial charge in [0.05, 0.1) is 11.1 Å². The standard InChI is InChI=1S/C34H26F6O2Si.Zr/c1-43(2,29-15-19-7-3-5-9-23(19)31(29)25-17-21(33(35,36)37)11-13-27(25)41)30-16-20-8-4-6-10-24(20)32(30)26-18-22(34(38,39)40)12-14-28(26)42;/h3-18,31-32,41-42H,1-2H3;. The summed E-state index contributed by atoms with van der Waals surface area (Å²) in [5.41, 5.74) is 1.53. The first kappa shape index (κ1) is 32.0. The second kappa shape index (κ2) is 11.2. The first-order valence-electron chi connectivity index (χ1n) is 13.6. The molecule has 2 unspecified atom stereocenters. The van der Waals surface area contributed by atoms with Crippen molar-refractivity contribution in [3.63, 3.8) is 0 Å². The van der Waals surface area contributed by atoms with E-state index in [9.17, 15) is 36.6 Å². The third-order valence-electron chi connectivity index (χ3n) is 8.63. The zero-order valence-electron chi connectivity index (χ0n) is 23.6. The summed E-state index contributed by atoms with van der Waals surface area (Å²) < 4.78 is 82.8. The fourth-order valence-electron chi connectivity index (χ4n) is 6.49. The van der Waals surface area contributed by atoms with Crippen LogP contribution in [0.2, 0.25) is 13.1 Å². The van der Waals surface area contributed by atoms with Crippen LogP contribution in [0.15, 0.2) is 95.3 Å². The molecule has 0 heterocycles. The van der Waals surface area contributed by atoms with Crippen molar-refractivity contribution in [1.82, 2.24) is 0 Å². The molecule has 44 heavy (non-hydrogen) atoms. The van der Waals surface area contributed by atoms with Crippen molar-refractivity contribution in [1.29, 1.82) is 0 Å². The molecule has 0 saturated carbocycles. The van der Waals surface area contributed by atoms with Crippen molar-refractivity contribution in [3.8, 4) is 11.5 Å². The molecular formula is C34H26F6O2SiZr. The molecule has 0 aliphatic heterocycles. The number of allylic oxidation sites excluding steroid dienone is 2. The van der Waals surface area contributed by atoms with E-state index in [1.165, 1.54) is 0 Å². The summed E-state index contributed by atoms with van der Waals surface area (Å²) in [6.45, 7) is 4.02. The number of alkyl halides is 6. The Morgan fingerprint density at radius 2 is 0.909 bits per heavy atom. The summed E-state index contributed by atoms with van der Waals surface area (Å²) in [6.07, 6.45) is -5.37. The predicted molar refractivity (Wildman–Crippen MR) is 156 cm³/mol. The van der Waals surface area contributed by atoms with Crippen LogP contribution in [-0.2, 0) is 38.6 Å². The molecule has 0 spiro atoms. The molecule has 0 amide bonds. The quantitative estimate of drug-likeness (QED) is 0.165. The number of aromatic hydroxyl groups is 2. The van der Waals surface area contributed by atoms with Crippen molar-refractivity contribution in [2.75, 3.05) is 0 Å². The summed E-state index contributed by atoms with van der Waals surface area (Å²) in [7, 11) is -2.96. The van der Waals surface area contributed by atoms with Crippen molar-refractivity contribution >= 4 is 20.2 Å². The van der Waals surface area contributed by atoms with Crippen molar-refractivity contribution < 1.29 is 62.8 Å². The molecule has 2 nitrogen and oxygen atoms in total. The largest absolute Gasteiger partial charge is 0.508 e. The summed E-state index contributed by atoms with van der Waals surface area (Å²) >= 11 is 0. The maximum absolute atomic E-state index is 13.8. The third kappa shape index (κ3) is 5.40. The summed E-state index contributed by atoms with van der Waals surface area (Å²) in [6, 6.07) is 20.3. The van der Waals surface area contributed by atoms with Gasteiger partial charge >= 0.3 is 12.4 Å². The van der Waals surface area contributed by atoms with Gasteiger partial charge in [0, 0.05) is 49.2 Å². The Hall–Kier alpha value is -3.36. The van der Waals surface area contributed by atoms with Crippen molar-refractivity contribution in [2.45, 2.75) is 37.3 Å². The van der Waals surface area contributed by atoms with Crippen molar-refractivity contribution in [3.05, 3.63) is 140 Å². The Morgan fingerprint density at radius 1 is 0.545 bits per heavy atom. The Balaban J connectivity index is 0.00000384. The van der Waals surface area contributed by atoms with Gasteiger partial charge in [0.2, 0.25) is 0 Å². The van der Waals surface area contributed by atoms with Gasteiger partial charge < -0.3 is 10.2 Å². The molecule has 0 saturated heterocycles. The topological polar surface area (TPSA) is 40.5 Å². The molecule has 10 heteroatoms. The second-order valence-electron chi connectivity index (χ2n) is 11.5. The van der Waals surface area contributed by atoms with Crippen LogP contribution in [0.3, 0.4) is 0 Å². The summed E-state index contributed by atoms with van der Waals surface area (Å²) in [5, 5.41) is 23.4. The number of rotatable bonds is 4. The zero-order chi connectivity index (χ0) is 30.9. The molecule has 224 valence electrons. The fourth-order valence-corrected chi connectivity index (χ4v) is 9.92. The minimum Gasteiger partial charge on any atom is -0.508 e. The van der Waals surface area contributed by atoms with E-state index in [1.807, 2.05) is 61.6 Å². The van der Waals surface area contributed by atoms with E-state index in [4.69, 9.17) is 0 Å². The number of benzene rings is 4. The molecule has 2 aliphatic rings. The van der Waals surface area contributed by atoms with E-state index < -0.39 is 43.4 Å². The fraction of sp³-hybridized carbons (Fsp3) is 0.176. The third-order valence-corrected chi connectivity index (χ3v) is 12.4. The SMILES string of the molecule is C[Si](C)(C1=Cc2ccccc2C1c1cc(C(F)(F)F)ccc1O)C1=Cc2ccccc2C1c1cc(C(F)(F)F)ccc1O.[Zr]. The molecule has 2 aliphatic carbocycles. The zero-order valence-corrected chi connectivity index (χ0v) is 27.0. The van der Waals surface area contributed by atoms with Crippen LogP contribution in [0.4, 0.5) is 26.3 Å². The minimum absolute atomic E-state index is 0. The van der Waals surface area contributed by atoms with Crippen LogP contribution < -0.4 is 0 Å². The minimum atomic E-state index is -4.63. The van der Waals surface area contributed by atoms with Crippen LogP contribution in [0.1, 0.15) is 56.3 Å². The van der Waals surface area contributed by atoms with Gasteiger partial charge in [-0.3, -0.25) is 0 Å². The number of phenols is 2. The van der Waals surface area contributed by atoms with Crippen LogP contribution in [-0.4, -0.2) is 18.3 Å². The van der Waals surface area contributed by atoms with Gasteiger partial charge in [0.1, 0.15) is 19.6 Å². The van der Waals surface area contributed by atoms with E-state index in [1.54, 1.807) is 12.1 Å². The molecule has 2 N–H and O–H groups in total. The molecular weight excluding hydrogens is 674 g/mol. The van der Waals surface area contributed by atoms with Crippen LogP contribution in [0, 0.1) is 0 Å². The predicted octanol–water partition coefficient (Wildman–Crippen LogP) is 9.68. The molecule has 0 fully saturated rings. The van der Waals surface area contributed by atoms with Gasteiger partial charge in [-0.05, 0) is 58.7 Å². The molecule has 0 radical (unpaired) electrons. The monoisotopic (exact) mass is 698 g/mol. The molecule has 0 bridgehead atoms. The molecule has 0 aromatic heterocycles. The molecule has 4 aromatic rings. The van der Waals surface area contributed by atoms with Gasteiger partial charge in [-0.1, -0.05) is 84.2 Å². The van der Waals surface area contributed by atoms with Gasteiger partial charge in [-0.2, -0.15) is 26.3 Å². The molecule has 6 rings (SSSR count). The Morgan fingerprint density at radius 3 is 1.27 bits per heavy atom. The first-order chi connectivity index (χ1) is 20.2. The number of hydrogen-bond donors (Lipinski definition) is 2. The van der Waals surface area contributed by atoms with Crippen molar-refractivity contribution in [2.24, 2.45) is 0 Å². The van der Waals surface area contributed by atoms with Crippen LogP contribution in [0.25, 0.3) is 12.2 Å². The second-order valence-corrected chi connectivity index (χ2v) is 15.9. The first-order valence-corrected chi connectivity index (χ1v) is 16.6. The Kier molecular flexibility index (Phi) is 8.17. The normalized spacial score (nSPS) is 17.8. The van der Waals surface area contributed by atoms with Gasteiger partial charge in [0.15, 0.2) is 0 Å². The summed E-state index contributed by atoms with van der Waals surface area (Å²) in [4.78, 5) is 0. The van der Waals surface area contributed by atoms with E-state index in [-0.39, 0.29) is 48.8 Å². The van der Waals surface area contributed by atoms with E-state index in [0.29, 0.717) is 0 Å². The number of fused-ring (bicyclic) bond motifs is 2. The maximum Gasteiger partial charge on any atom is 0.416 e. The van der Waals surface area contributed by atoms with E-state index in [0.717, 1.165) is 69.0 Å². The number of hydrogen-bond acceptors (Lipinski definition) is 2. The average molecular weight is 700 g/mol. The van der Waals surface area contributed by atoms with Gasteiger partial charge in [-0.15, -0.1) is 0 Å². The maximum atomic E-state index is 13.8. The van der Waals surface area contributed by atoms with Gasteiger partial charge in [-0.25, -0.2) is 0 Å². The van der Waals surface area contributed by atoms with Crippen LogP contribution in [0.5, 0.6) is 11.5 Å². The Bertz CT molecular complexity index is 1690. The van der Waals surface area contributed by atoms with E-state index in [2.05, 4.69) is 0 Å². The number of halogens is 6. The van der Waals surface area contributed by atoms with Crippen LogP contribution >= 0.6 is 0 Å².